The van der Waals surface area contributed by atoms with Gasteiger partial charge in [-0.15, -0.1) is 0 Å². The zero-order valence-electron chi connectivity index (χ0n) is 20.8. The molecule has 0 aliphatic carbocycles. The van der Waals surface area contributed by atoms with Crippen LogP contribution in [-0.2, 0) is 7.05 Å². The van der Waals surface area contributed by atoms with E-state index in [4.69, 9.17) is 4.98 Å². The van der Waals surface area contributed by atoms with Crippen LogP contribution in [0.15, 0.2) is 101 Å². The quantitative estimate of drug-likeness (QED) is 0.197. The van der Waals surface area contributed by atoms with E-state index in [-0.39, 0.29) is 0 Å². The molecular formula is C31H28N4S. The normalized spacial score (nSPS) is 14.8. The minimum absolute atomic E-state index is 0.991. The number of imidazole rings is 1. The summed E-state index contributed by atoms with van der Waals surface area (Å²) < 4.78 is 6.32. The van der Waals surface area contributed by atoms with Gasteiger partial charge in [-0.05, 0) is 41.3 Å². The van der Waals surface area contributed by atoms with Crippen molar-refractivity contribution in [2.75, 3.05) is 11.5 Å². The molecule has 0 saturated carbocycles. The molecule has 7 rings (SSSR count). The SMILES string of the molecule is CCS1(CC)c2ccccc2-c2cnc(-n3c4ccccc4c4ccc(-n5[c-][n+](C)cc5)cc43)cc21. The molecule has 0 amide bonds. The van der Waals surface area contributed by atoms with Crippen molar-refractivity contribution in [3.63, 3.8) is 0 Å². The summed E-state index contributed by atoms with van der Waals surface area (Å²) in [6.07, 6.45) is 9.50. The summed E-state index contributed by atoms with van der Waals surface area (Å²) in [5.74, 6) is 3.29. The lowest BCUT2D eigenvalue weighted by Gasteiger charge is -2.36. The number of nitrogens with zero attached hydrogens (tertiary/aromatic N) is 4. The van der Waals surface area contributed by atoms with Crippen molar-refractivity contribution in [1.82, 2.24) is 14.1 Å². The molecular weight excluding hydrogens is 460 g/mol. The Kier molecular flexibility index (Phi) is 4.67. The number of fused-ring (bicyclic) bond motifs is 6. The van der Waals surface area contributed by atoms with E-state index in [1.165, 1.54) is 37.2 Å². The molecule has 3 aromatic carbocycles. The van der Waals surface area contributed by atoms with Crippen LogP contribution < -0.4 is 4.57 Å². The summed E-state index contributed by atoms with van der Waals surface area (Å²) in [5, 5.41) is 2.48. The molecule has 6 aromatic rings. The van der Waals surface area contributed by atoms with Crippen molar-refractivity contribution in [2.45, 2.75) is 23.6 Å². The van der Waals surface area contributed by atoms with Crippen LogP contribution in [0.2, 0.25) is 0 Å². The summed E-state index contributed by atoms with van der Waals surface area (Å²) in [7, 11) is 0.905. The van der Waals surface area contributed by atoms with E-state index in [0.29, 0.717) is 0 Å². The van der Waals surface area contributed by atoms with Crippen LogP contribution in [0.4, 0.5) is 0 Å². The van der Waals surface area contributed by atoms with Crippen LogP contribution in [-0.4, -0.2) is 25.6 Å². The van der Waals surface area contributed by atoms with Crippen molar-refractivity contribution in [1.29, 1.82) is 0 Å². The second kappa shape index (κ2) is 7.84. The standard InChI is InChI=1S/C31H28N4S/c1-4-36(5-2)29-13-9-7-11-25(29)26-20-32-31(19-30(26)36)35-27-12-8-6-10-23(27)24-15-14-22(18-28(24)35)34-17-16-33(3)21-34/h6-20H,4-5H2,1-3H3. The van der Waals surface area contributed by atoms with Crippen molar-refractivity contribution in [2.24, 2.45) is 7.05 Å². The summed E-state index contributed by atoms with van der Waals surface area (Å²) >= 11 is 0. The summed E-state index contributed by atoms with van der Waals surface area (Å²) in [4.78, 5) is 8.09. The van der Waals surface area contributed by atoms with Gasteiger partial charge >= 0.3 is 0 Å². The highest BCUT2D eigenvalue weighted by atomic mass is 32.3. The summed E-state index contributed by atoms with van der Waals surface area (Å²) in [5.41, 5.74) is 6.11. The average Bonchev–Trinajstić information content (AvgIpc) is 3.58. The van der Waals surface area contributed by atoms with Crippen LogP contribution in [0, 0.1) is 6.33 Å². The van der Waals surface area contributed by atoms with E-state index >= 15 is 0 Å². The maximum absolute atomic E-state index is 5.09. The molecule has 3 aromatic heterocycles. The Labute approximate surface area is 212 Å². The fraction of sp³-hybridized carbons (Fsp3) is 0.161. The third-order valence-electron chi connectivity index (χ3n) is 7.73. The molecule has 0 radical (unpaired) electrons. The smallest absolute Gasteiger partial charge is 0.243 e. The third kappa shape index (κ3) is 2.83. The topological polar surface area (TPSA) is 26.6 Å². The molecule has 0 fully saturated rings. The molecule has 0 bridgehead atoms. The minimum atomic E-state index is -1.09. The second-order valence-corrected chi connectivity index (χ2v) is 13.2. The Balaban J connectivity index is 1.52. The van der Waals surface area contributed by atoms with Crippen molar-refractivity contribution < 1.29 is 4.57 Å². The van der Waals surface area contributed by atoms with Gasteiger partial charge in [0.25, 0.3) is 0 Å². The lowest BCUT2D eigenvalue weighted by molar-refractivity contribution is -0.674. The Morgan fingerprint density at radius 1 is 0.833 bits per heavy atom. The molecule has 1 aliphatic rings. The van der Waals surface area contributed by atoms with E-state index in [1.54, 1.807) is 0 Å². The molecule has 0 atom stereocenters. The molecule has 4 heterocycles. The Morgan fingerprint density at radius 2 is 1.61 bits per heavy atom. The fourth-order valence-electron chi connectivity index (χ4n) is 5.95. The fourth-order valence-corrected chi connectivity index (χ4v) is 9.69. The first kappa shape index (κ1) is 21.5. The lowest BCUT2D eigenvalue weighted by atomic mass is 10.1. The van der Waals surface area contributed by atoms with Gasteiger partial charge in [-0.3, -0.25) is 4.57 Å². The van der Waals surface area contributed by atoms with Crippen LogP contribution in [0.3, 0.4) is 0 Å². The van der Waals surface area contributed by atoms with Gasteiger partial charge in [-0.2, -0.15) is 10.0 Å². The van der Waals surface area contributed by atoms with E-state index < -0.39 is 10.0 Å². The van der Waals surface area contributed by atoms with Gasteiger partial charge in [0.05, 0.1) is 23.8 Å². The van der Waals surface area contributed by atoms with Gasteiger partial charge < -0.3 is 9.13 Å². The van der Waals surface area contributed by atoms with Gasteiger partial charge in [0.15, 0.2) is 0 Å². The molecule has 1 aliphatic heterocycles. The van der Waals surface area contributed by atoms with Crippen molar-refractivity contribution in [3.8, 4) is 22.6 Å². The zero-order valence-corrected chi connectivity index (χ0v) is 21.6. The molecule has 4 nitrogen and oxygen atoms in total. The van der Waals surface area contributed by atoms with E-state index in [0.717, 1.165) is 28.5 Å². The first-order valence-electron chi connectivity index (χ1n) is 12.5. The Morgan fingerprint density at radius 3 is 2.42 bits per heavy atom. The minimum Gasteiger partial charge on any atom is -0.326 e. The number of para-hydroxylation sites is 1. The molecule has 36 heavy (non-hydrogen) atoms. The van der Waals surface area contributed by atoms with Gasteiger partial charge in [0, 0.05) is 44.7 Å². The number of aromatic nitrogens is 4. The monoisotopic (exact) mass is 488 g/mol. The van der Waals surface area contributed by atoms with E-state index in [2.05, 4.69) is 104 Å². The molecule has 0 spiro atoms. The number of rotatable bonds is 4. The molecule has 0 unspecified atom stereocenters. The lowest BCUT2D eigenvalue weighted by Crippen LogP contribution is -2.24. The third-order valence-corrected chi connectivity index (χ3v) is 12.1. The predicted molar refractivity (Wildman–Crippen MR) is 149 cm³/mol. The largest absolute Gasteiger partial charge is 0.326 e. The van der Waals surface area contributed by atoms with Crippen LogP contribution >= 0.6 is 10.0 Å². The number of benzene rings is 3. The number of hydrogen-bond acceptors (Lipinski definition) is 1. The number of hydrogen-bond donors (Lipinski definition) is 0. The molecule has 0 saturated heterocycles. The van der Waals surface area contributed by atoms with E-state index in [9.17, 15) is 0 Å². The van der Waals surface area contributed by atoms with Crippen LogP contribution in [0.1, 0.15) is 13.8 Å². The highest BCUT2D eigenvalue weighted by molar-refractivity contribution is 8.34. The summed E-state index contributed by atoms with van der Waals surface area (Å²) in [6, 6.07) is 26.7. The first-order chi connectivity index (χ1) is 17.6. The number of pyridine rings is 1. The van der Waals surface area contributed by atoms with Crippen LogP contribution in [0.25, 0.3) is 44.4 Å². The highest BCUT2D eigenvalue weighted by Crippen LogP contribution is 2.71. The molecule has 0 N–H and O–H groups in total. The summed E-state index contributed by atoms with van der Waals surface area (Å²) in [6.45, 7) is 4.70. The van der Waals surface area contributed by atoms with Crippen molar-refractivity contribution >= 4 is 31.8 Å². The van der Waals surface area contributed by atoms with Gasteiger partial charge in [-0.1, -0.05) is 62.4 Å². The zero-order chi connectivity index (χ0) is 24.4. The molecule has 178 valence electrons. The maximum Gasteiger partial charge on any atom is 0.243 e. The molecule has 5 heteroatoms. The average molecular weight is 489 g/mol. The van der Waals surface area contributed by atoms with E-state index in [1.807, 2.05) is 28.6 Å². The Bertz CT molecular complexity index is 1790. The van der Waals surface area contributed by atoms with Crippen molar-refractivity contribution in [3.05, 3.63) is 97.7 Å². The number of aryl methyl sites for hydroxylation is 1. The second-order valence-electron chi connectivity index (χ2n) is 9.43. The van der Waals surface area contributed by atoms with Gasteiger partial charge in [0.1, 0.15) is 5.82 Å². The van der Waals surface area contributed by atoms with Gasteiger partial charge in [-0.25, -0.2) is 4.98 Å². The highest BCUT2D eigenvalue weighted by Gasteiger charge is 2.36. The first-order valence-corrected chi connectivity index (χ1v) is 14.5. The maximum atomic E-state index is 5.09. The predicted octanol–water partition coefficient (Wildman–Crippen LogP) is 6.84. The van der Waals surface area contributed by atoms with Crippen LogP contribution in [0.5, 0.6) is 0 Å². The van der Waals surface area contributed by atoms with Gasteiger partial charge in [0.2, 0.25) is 6.33 Å². The Hall–Kier alpha value is -3.83.